The van der Waals surface area contributed by atoms with E-state index in [1.54, 1.807) is 42.5 Å². The Bertz CT molecular complexity index is 1130. The molecule has 0 fully saturated rings. The highest BCUT2D eigenvalue weighted by Gasteiger charge is 2.20. The SMILES string of the molecule is O=S(=O)(C=Cc1ccccc1)c1cccc(S(=O)(=O)c2ccccc2)c1. The van der Waals surface area contributed by atoms with E-state index in [0.29, 0.717) is 0 Å². The summed E-state index contributed by atoms with van der Waals surface area (Å²) in [5.74, 6) is 0. The van der Waals surface area contributed by atoms with Gasteiger partial charge in [-0.15, -0.1) is 0 Å². The van der Waals surface area contributed by atoms with Crippen molar-refractivity contribution in [2.75, 3.05) is 0 Å². The Labute approximate surface area is 153 Å². The van der Waals surface area contributed by atoms with Gasteiger partial charge in [0, 0.05) is 5.41 Å². The average Bonchev–Trinajstić information content (AvgIpc) is 2.68. The molecular weight excluding hydrogens is 368 g/mol. The Morgan fingerprint density at radius 2 is 1.12 bits per heavy atom. The van der Waals surface area contributed by atoms with Gasteiger partial charge in [0.1, 0.15) is 0 Å². The normalized spacial score (nSPS) is 12.3. The molecule has 0 bridgehead atoms. The second kappa shape index (κ2) is 7.27. The van der Waals surface area contributed by atoms with Gasteiger partial charge in [-0.2, -0.15) is 0 Å². The molecule has 26 heavy (non-hydrogen) atoms. The number of hydrogen-bond donors (Lipinski definition) is 0. The van der Waals surface area contributed by atoms with Gasteiger partial charge in [0.15, 0.2) is 9.84 Å². The maximum absolute atomic E-state index is 12.7. The zero-order valence-electron chi connectivity index (χ0n) is 13.7. The smallest absolute Gasteiger partial charge is 0.206 e. The van der Waals surface area contributed by atoms with Gasteiger partial charge in [-0.05, 0) is 42.0 Å². The van der Waals surface area contributed by atoms with Crippen LogP contribution in [0.5, 0.6) is 0 Å². The largest absolute Gasteiger partial charge is 0.219 e. The minimum Gasteiger partial charge on any atom is -0.219 e. The summed E-state index contributed by atoms with van der Waals surface area (Å²) in [4.78, 5) is -0.00560. The molecule has 4 nitrogen and oxygen atoms in total. The van der Waals surface area contributed by atoms with Crippen LogP contribution in [0.3, 0.4) is 0 Å². The lowest BCUT2D eigenvalue weighted by molar-refractivity contribution is 0.595. The molecular formula is C20H16O4S2. The third kappa shape index (κ3) is 3.92. The summed E-state index contributed by atoms with van der Waals surface area (Å²) in [6, 6.07) is 22.3. The van der Waals surface area contributed by atoms with E-state index in [4.69, 9.17) is 0 Å². The Hall–Kier alpha value is -2.70. The van der Waals surface area contributed by atoms with Crippen LogP contribution in [0.1, 0.15) is 5.56 Å². The molecule has 6 heteroatoms. The van der Waals surface area contributed by atoms with Crippen molar-refractivity contribution in [2.45, 2.75) is 14.7 Å². The molecule has 0 amide bonds. The molecule has 0 radical (unpaired) electrons. The van der Waals surface area contributed by atoms with Gasteiger partial charge in [0.2, 0.25) is 9.84 Å². The summed E-state index contributed by atoms with van der Waals surface area (Å²) >= 11 is 0. The molecule has 0 N–H and O–H groups in total. The zero-order chi connectivity index (χ0) is 18.6. The van der Waals surface area contributed by atoms with Gasteiger partial charge in [0.05, 0.1) is 14.7 Å². The second-order valence-electron chi connectivity index (χ2n) is 5.55. The lowest BCUT2D eigenvalue weighted by atomic mass is 10.2. The van der Waals surface area contributed by atoms with Crippen molar-refractivity contribution in [1.29, 1.82) is 0 Å². The summed E-state index contributed by atoms with van der Waals surface area (Å²) < 4.78 is 50.4. The predicted molar refractivity (Wildman–Crippen MR) is 101 cm³/mol. The minimum absolute atomic E-state index is 0.0575. The predicted octanol–water partition coefficient (Wildman–Crippen LogP) is 3.96. The zero-order valence-corrected chi connectivity index (χ0v) is 15.3. The van der Waals surface area contributed by atoms with Crippen LogP contribution in [0.4, 0.5) is 0 Å². The summed E-state index contributed by atoms with van der Waals surface area (Å²) in [6.45, 7) is 0. The molecule has 3 aromatic rings. The van der Waals surface area contributed by atoms with Crippen LogP contribution in [-0.4, -0.2) is 16.8 Å². The first-order chi connectivity index (χ1) is 12.4. The fourth-order valence-corrected chi connectivity index (χ4v) is 4.82. The summed E-state index contributed by atoms with van der Waals surface area (Å²) in [5, 5.41) is 1.08. The lowest BCUT2D eigenvalue weighted by Crippen LogP contribution is -2.04. The van der Waals surface area contributed by atoms with Crippen molar-refractivity contribution in [3.8, 4) is 0 Å². The van der Waals surface area contributed by atoms with Gasteiger partial charge in [-0.1, -0.05) is 54.6 Å². The highest BCUT2D eigenvalue weighted by Crippen LogP contribution is 2.24. The van der Waals surface area contributed by atoms with E-state index in [1.807, 2.05) is 6.07 Å². The van der Waals surface area contributed by atoms with Crippen LogP contribution < -0.4 is 0 Å². The van der Waals surface area contributed by atoms with E-state index >= 15 is 0 Å². The quantitative estimate of drug-likeness (QED) is 0.668. The van der Waals surface area contributed by atoms with E-state index in [0.717, 1.165) is 11.0 Å². The monoisotopic (exact) mass is 384 g/mol. The van der Waals surface area contributed by atoms with Crippen LogP contribution >= 0.6 is 0 Å². The van der Waals surface area contributed by atoms with E-state index in [-0.39, 0.29) is 14.7 Å². The standard InChI is InChI=1S/C20H16O4S2/c21-25(22,15-14-17-8-3-1-4-9-17)19-12-7-13-20(16-19)26(23,24)18-10-5-2-6-11-18/h1-16H. The third-order valence-corrected chi connectivity index (χ3v) is 6.91. The van der Waals surface area contributed by atoms with E-state index in [9.17, 15) is 16.8 Å². The fourth-order valence-electron chi connectivity index (χ4n) is 2.36. The molecule has 0 saturated carbocycles. The molecule has 0 heterocycles. The highest BCUT2D eigenvalue weighted by atomic mass is 32.2. The molecule has 0 atom stereocenters. The van der Waals surface area contributed by atoms with Crippen LogP contribution in [0.15, 0.2) is 105 Å². The fraction of sp³-hybridized carbons (Fsp3) is 0. The Balaban J connectivity index is 1.98. The van der Waals surface area contributed by atoms with E-state index in [2.05, 4.69) is 0 Å². The molecule has 0 aliphatic carbocycles. The van der Waals surface area contributed by atoms with Crippen molar-refractivity contribution < 1.29 is 16.8 Å². The topological polar surface area (TPSA) is 68.3 Å². The molecule has 0 saturated heterocycles. The van der Waals surface area contributed by atoms with Crippen LogP contribution in [0.2, 0.25) is 0 Å². The minimum atomic E-state index is -3.78. The van der Waals surface area contributed by atoms with Crippen molar-refractivity contribution >= 4 is 25.8 Å². The van der Waals surface area contributed by atoms with Crippen LogP contribution in [0, 0.1) is 0 Å². The number of hydrogen-bond acceptors (Lipinski definition) is 4. The number of rotatable bonds is 5. The molecule has 0 aromatic heterocycles. The maximum atomic E-state index is 12.7. The lowest BCUT2D eigenvalue weighted by Gasteiger charge is -2.06. The molecule has 3 aromatic carbocycles. The molecule has 0 spiro atoms. The Morgan fingerprint density at radius 3 is 1.77 bits per heavy atom. The second-order valence-corrected chi connectivity index (χ2v) is 9.33. The van der Waals surface area contributed by atoms with Gasteiger partial charge in [0.25, 0.3) is 0 Å². The van der Waals surface area contributed by atoms with Crippen molar-refractivity contribution in [3.05, 3.63) is 95.9 Å². The van der Waals surface area contributed by atoms with Gasteiger partial charge in [-0.3, -0.25) is 0 Å². The Morgan fingerprint density at radius 1 is 0.577 bits per heavy atom. The van der Waals surface area contributed by atoms with E-state index in [1.165, 1.54) is 42.5 Å². The molecule has 0 aliphatic rings. The van der Waals surface area contributed by atoms with Crippen molar-refractivity contribution in [2.24, 2.45) is 0 Å². The van der Waals surface area contributed by atoms with Crippen LogP contribution in [0.25, 0.3) is 6.08 Å². The summed E-state index contributed by atoms with van der Waals surface area (Å²) in [5.41, 5.74) is 0.740. The van der Waals surface area contributed by atoms with Gasteiger partial charge in [-0.25, -0.2) is 16.8 Å². The highest BCUT2D eigenvalue weighted by molar-refractivity contribution is 7.94. The molecule has 132 valence electrons. The summed E-state index contributed by atoms with van der Waals surface area (Å²) in [6.07, 6.45) is 1.48. The van der Waals surface area contributed by atoms with Crippen LogP contribution in [-0.2, 0) is 19.7 Å². The average molecular weight is 384 g/mol. The first-order valence-corrected chi connectivity index (χ1v) is 10.8. The molecule has 3 rings (SSSR count). The first-order valence-electron chi connectivity index (χ1n) is 7.78. The van der Waals surface area contributed by atoms with Gasteiger partial charge < -0.3 is 0 Å². The Kier molecular flexibility index (Phi) is 5.06. The number of sulfone groups is 2. The maximum Gasteiger partial charge on any atom is 0.206 e. The molecule has 0 unspecified atom stereocenters. The molecule has 0 aliphatic heterocycles. The first kappa shape index (κ1) is 18.1. The third-order valence-electron chi connectivity index (χ3n) is 3.74. The van der Waals surface area contributed by atoms with E-state index < -0.39 is 19.7 Å². The van der Waals surface area contributed by atoms with Gasteiger partial charge >= 0.3 is 0 Å². The number of benzene rings is 3. The van der Waals surface area contributed by atoms with Crippen molar-refractivity contribution in [1.82, 2.24) is 0 Å². The van der Waals surface area contributed by atoms with Crippen molar-refractivity contribution in [3.63, 3.8) is 0 Å². The summed E-state index contributed by atoms with van der Waals surface area (Å²) in [7, 11) is -7.55.